The first-order valence-electron chi connectivity index (χ1n) is 9.67. The molecular formula is C21H25N3O2. The van der Waals surface area contributed by atoms with E-state index in [-0.39, 0.29) is 6.03 Å². The van der Waals surface area contributed by atoms with E-state index in [4.69, 9.17) is 4.42 Å². The van der Waals surface area contributed by atoms with Crippen LogP contribution < -0.4 is 5.32 Å². The van der Waals surface area contributed by atoms with Crippen LogP contribution in [-0.2, 0) is 0 Å². The Kier molecular flexibility index (Phi) is 3.59. The number of urea groups is 1. The monoisotopic (exact) mass is 351 g/mol. The Bertz CT molecular complexity index is 841. The van der Waals surface area contributed by atoms with Crippen LogP contribution in [0.5, 0.6) is 0 Å². The number of carbonyl (C=O) groups is 1. The fourth-order valence-electron chi connectivity index (χ4n) is 5.46. The van der Waals surface area contributed by atoms with Gasteiger partial charge >= 0.3 is 6.03 Å². The molecule has 2 bridgehead atoms. The summed E-state index contributed by atoms with van der Waals surface area (Å²) in [7, 11) is 0. The summed E-state index contributed by atoms with van der Waals surface area (Å²) >= 11 is 0. The molecule has 4 unspecified atom stereocenters. The second kappa shape index (κ2) is 5.86. The van der Waals surface area contributed by atoms with Gasteiger partial charge in [-0.25, -0.2) is 9.78 Å². The first-order chi connectivity index (χ1) is 12.6. The normalized spacial score (nSPS) is 29.2. The third kappa shape index (κ3) is 2.52. The van der Waals surface area contributed by atoms with Crippen molar-refractivity contribution < 1.29 is 9.21 Å². The average Bonchev–Trinajstić information content (AvgIpc) is 3.38. The van der Waals surface area contributed by atoms with E-state index in [1.165, 1.54) is 19.3 Å². The average molecular weight is 351 g/mol. The van der Waals surface area contributed by atoms with Gasteiger partial charge in [-0.05, 0) is 74.5 Å². The maximum atomic E-state index is 12.8. The number of hydrogen-bond donors (Lipinski definition) is 1. The fraction of sp³-hybridized carbons (Fsp3) is 0.524. The number of aryl methyl sites for hydroxylation is 2. The van der Waals surface area contributed by atoms with Gasteiger partial charge in [0.15, 0.2) is 0 Å². The van der Waals surface area contributed by atoms with E-state index in [1.54, 1.807) is 6.26 Å². The van der Waals surface area contributed by atoms with Crippen LogP contribution in [0.2, 0.25) is 0 Å². The first-order valence-corrected chi connectivity index (χ1v) is 9.67. The third-order valence-electron chi connectivity index (χ3n) is 6.76. The van der Waals surface area contributed by atoms with Crippen molar-refractivity contribution in [2.24, 2.45) is 23.7 Å². The van der Waals surface area contributed by atoms with Crippen molar-refractivity contribution in [3.8, 4) is 11.5 Å². The number of aromatic nitrogens is 1. The molecule has 5 rings (SSSR count). The first kappa shape index (κ1) is 15.9. The Morgan fingerprint density at radius 3 is 2.58 bits per heavy atom. The molecule has 136 valence electrons. The summed E-state index contributed by atoms with van der Waals surface area (Å²) in [6.07, 6.45) is 5.80. The Hall–Kier alpha value is -2.30. The Morgan fingerprint density at radius 1 is 1.19 bits per heavy atom. The number of fused-ring (bicyclic) bond motifs is 5. The van der Waals surface area contributed by atoms with Crippen molar-refractivity contribution in [2.45, 2.75) is 33.1 Å². The highest BCUT2D eigenvalue weighted by atomic mass is 16.3. The summed E-state index contributed by atoms with van der Waals surface area (Å²) in [4.78, 5) is 19.2. The number of oxazole rings is 1. The van der Waals surface area contributed by atoms with E-state index < -0.39 is 0 Å². The predicted molar refractivity (Wildman–Crippen MR) is 99.8 cm³/mol. The molecule has 5 nitrogen and oxygen atoms in total. The molecule has 3 fully saturated rings. The molecule has 0 radical (unpaired) electrons. The predicted octanol–water partition coefficient (Wildman–Crippen LogP) is 4.47. The molecule has 2 amide bonds. The SMILES string of the molecule is Cc1coc(-c2cc(NC(=O)N3CC4C5CCC(C5)C4C3)ccc2C)n1. The van der Waals surface area contributed by atoms with E-state index in [1.807, 2.05) is 36.9 Å². The van der Waals surface area contributed by atoms with Crippen LogP contribution in [-0.4, -0.2) is 29.0 Å². The number of rotatable bonds is 2. The fourth-order valence-corrected chi connectivity index (χ4v) is 5.46. The van der Waals surface area contributed by atoms with Crippen molar-refractivity contribution in [3.63, 3.8) is 0 Å². The molecule has 2 aromatic rings. The highest BCUT2D eigenvalue weighted by molar-refractivity contribution is 5.90. The van der Waals surface area contributed by atoms with Crippen molar-refractivity contribution in [1.29, 1.82) is 0 Å². The molecule has 26 heavy (non-hydrogen) atoms. The summed E-state index contributed by atoms with van der Waals surface area (Å²) in [6, 6.07) is 5.94. The zero-order valence-electron chi connectivity index (χ0n) is 15.4. The van der Waals surface area contributed by atoms with E-state index in [9.17, 15) is 4.79 Å². The molecule has 1 aromatic carbocycles. The van der Waals surface area contributed by atoms with Gasteiger partial charge in [-0.15, -0.1) is 0 Å². The van der Waals surface area contributed by atoms with Crippen LogP contribution in [0.4, 0.5) is 10.5 Å². The van der Waals surface area contributed by atoms with Gasteiger partial charge in [0.25, 0.3) is 0 Å². The molecular weight excluding hydrogens is 326 g/mol. The van der Waals surface area contributed by atoms with Crippen LogP contribution >= 0.6 is 0 Å². The second-order valence-corrected chi connectivity index (χ2v) is 8.32. The van der Waals surface area contributed by atoms with Crippen LogP contribution in [0.15, 0.2) is 28.9 Å². The molecule has 2 saturated carbocycles. The number of nitrogens with zero attached hydrogens (tertiary/aromatic N) is 2. The lowest BCUT2D eigenvalue weighted by atomic mass is 9.82. The molecule has 3 aliphatic rings. The summed E-state index contributed by atoms with van der Waals surface area (Å²) in [6.45, 7) is 5.79. The molecule has 1 aliphatic heterocycles. The molecule has 1 N–H and O–H groups in total. The Labute approximate surface area is 153 Å². The molecule has 1 aromatic heterocycles. The van der Waals surface area contributed by atoms with Crippen molar-refractivity contribution in [2.75, 3.05) is 18.4 Å². The minimum absolute atomic E-state index is 0.0252. The number of hydrogen-bond acceptors (Lipinski definition) is 3. The summed E-state index contributed by atoms with van der Waals surface area (Å²) < 4.78 is 5.54. The summed E-state index contributed by atoms with van der Waals surface area (Å²) in [5.41, 5.74) is 3.66. The lowest BCUT2D eigenvalue weighted by Crippen LogP contribution is -2.34. The van der Waals surface area contributed by atoms with Gasteiger partial charge in [0.1, 0.15) is 6.26 Å². The van der Waals surface area contributed by atoms with Crippen LogP contribution in [0, 0.1) is 37.5 Å². The van der Waals surface area contributed by atoms with Gasteiger partial charge in [-0.1, -0.05) is 6.07 Å². The molecule has 5 heteroatoms. The molecule has 2 heterocycles. The van der Waals surface area contributed by atoms with Gasteiger partial charge in [0, 0.05) is 24.3 Å². The number of nitrogens with one attached hydrogen (secondary N) is 1. The van der Waals surface area contributed by atoms with E-state index >= 15 is 0 Å². The molecule has 1 saturated heterocycles. The number of likely N-dealkylation sites (tertiary alicyclic amines) is 1. The highest BCUT2D eigenvalue weighted by Gasteiger charge is 2.52. The number of carbonyl (C=O) groups excluding carboxylic acids is 1. The van der Waals surface area contributed by atoms with Gasteiger partial charge in [-0.3, -0.25) is 0 Å². The van der Waals surface area contributed by atoms with Crippen LogP contribution in [0.25, 0.3) is 11.5 Å². The largest absolute Gasteiger partial charge is 0.444 e. The van der Waals surface area contributed by atoms with E-state index in [2.05, 4.69) is 10.3 Å². The highest BCUT2D eigenvalue weighted by Crippen LogP contribution is 2.55. The zero-order chi connectivity index (χ0) is 17.8. The van der Waals surface area contributed by atoms with Crippen molar-refractivity contribution in [1.82, 2.24) is 9.88 Å². The lowest BCUT2D eigenvalue weighted by molar-refractivity contribution is 0.217. The van der Waals surface area contributed by atoms with E-state index in [0.29, 0.717) is 5.89 Å². The second-order valence-electron chi connectivity index (χ2n) is 8.32. The topological polar surface area (TPSA) is 58.4 Å². The maximum absolute atomic E-state index is 12.8. The van der Waals surface area contributed by atoms with Crippen LogP contribution in [0.3, 0.4) is 0 Å². The minimum Gasteiger partial charge on any atom is -0.444 e. The lowest BCUT2D eigenvalue weighted by Gasteiger charge is -2.22. The van der Waals surface area contributed by atoms with Crippen LogP contribution in [0.1, 0.15) is 30.5 Å². The summed E-state index contributed by atoms with van der Waals surface area (Å²) in [5.74, 6) is 3.80. The van der Waals surface area contributed by atoms with Gasteiger partial charge < -0.3 is 14.6 Å². The van der Waals surface area contributed by atoms with Gasteiger partial charge in [0.2, 0.25) is 5.89 Å². The van der Waals surface area contributed by atoms with Crippen molar-refractivity contribution >= 4 is 11.7 Å². The molecule has 2 aliphatic carbocycles. The third-order valence-corrected chi connectivity index (χ3v) is 6.76. The number of benzene rings is 1. The number of amides is 2. The minimum atomic E-state index is 0.0252. The Morgan fingerprint density at radius 2 is 1.92 bits per heavy atom. The molecule has 4 atom stereocenters. The molecule has 0 spiro atoms. The van der Waals surface area contributed by atoms with Gasteiger partial charge in [0.05, 0.1) is 5.69 Å². The van der Waals surface area contributed by atoms with Gasteiger partial charge in [-0.2, -0.15) is 0 Å². The zero-order valence-corrected chi connectivity index (χ0v) is 15.4. The van der Waals surface area contributed by atoms with E-state index in [0.717, 1.165) is 59.3 Å². The maximum Gasteiger partial charge on any atom is 0.321 e. The summed E-state index contributed by atoms with van der Waals surface area (Å²) in [5, 5.41) is 3.08. The number of anilines is 1. The standard InChI is InChI=1S/C21H25N3O2/c1-12-3-6-16(8-17(12)20-22-13(2)11-26-20)23-21(25)24-9-18-14-4-5-15(7-14)19(18)10-24/h3,6,8,11,14-15,18-19H,4-5,7,9-10H2,1-2H3,(H,23,25). The Balaban J connectivity index is 1.31. The quantitative estimate of drug-likeness (QED) is 0.868. The van der Waals surface area contributed by atoms with Crippen molar-refractivity contribution in [3.05, 3.63) is 35.7 Å². The smallest absolute Gasteiger partial charge is 0.321 e.